The Morgan fingerprint density at radius 1 is 1.07 bits per heavy atom. The Morgan fingerprint density at radius 2 is 1.78 bits per heavy atom. The fourth-order valence-electron chi connectivity index (χ4n) is 4.80. The minimum Gasteiger partial charge on any atom is -0.483 e. The van der Waals surface area contributed by atoms with Gasteiger partial charge in [0.05, 0.1) is 6.10 Å². The number of piperidine rings is 2. The molecular formula is C21H32N2O4. The van der Waals surface area contributed by atoms with Crippen LogP contribution in [0.1, 0.15) is 36.8 Å². The summed E-state index contributed by atoms with van der Waals surface area (Å²) < 4.78 is 0. The summed E-state index contributed by atoms with van der Waals surface area (Å²) >= 11 is 0. The fourth-order valence-corrected chi connectivity index (χ4v) is 4.80. The van der Waals surface area contributed by atoms with Gasteiger partial charge < -0.3 is 20.2 Å². The lowest BCUT2D eigenvalue weighted by Gasteiger charge is -2.44. The molecule has 1 aliphatic carbocycles. The Morgan fingerprint density at radius 3 is 2.48 bits per heavy atom. The summed E-state index contributed by atoms with van der Waals surface area (Å²) in [6.07, 6.45) is 6.67. The van der Waals surface area contributed by atoms with E-state index in [2.05, 4.69) is 28.0 Å². The number of benzene rings is 1. The number of carbonyl (C=O) groups is 1. The highest BCUT2D eigenvalue weighted by Gasteiger charge is 2.32. The maximum absolute atomic E-state index is 9.96. The zero-order chi connectivity index (χ0) is 19.2. The molecule has 0 saturated carbocycles. The van der Waals surface area contributed by atoms with Gasteiger partial charge in [-0.3, -0.25) is 9.69 Å². The van der Waals surface area contributed by atoms with Crippen LogP contribution < -0.4 is 4.90 Å². The van der Waals surface area contributed by atoms with Gasteiger partial charge in [-0.25, -0.2) is 0 Å². The predicted molar refractivity (Wildman–Crippen MR) is 105 cm³/mol. The summed E-state index contributed by atoms with van der Waals surface area (Å²) in [6, 6.07) is 7.67. The number of fused-ring (bicyclic) bond motifs is 1. The van der Waals surface area contributed by atoms with Gasteiger partial charge in [0.1, 0.15) is 0 Å². The number of rotatable bonds is 3. The zero-order valence-electron chi connectivity index (χ0n) is 16.0. The molecule has 2 heterocycles. The summed E-state index contributed by atoms with van der Waals surface area (Å²) in [5.41, 5.74) is 4.51. The molecule has 0 spiro atoms. The van der Waals surface area contributed by atoms with E-state index >= 15 is 0 Å². The molecule has 3 aliphatic rings. The Hall–Kier alpha value is -1.63. The normalized spacial score (nSPS) is 26.2. The van der Waals surface area contributed by atoms with Gasteiger partial charge in [0, 0.05) is 50.4 Å². The molecule has 27 heavy (non-hydrogen) atoms. The first kappa shape index (κ1) is 20.1. The first-order valence-corrected chi connectivity index (χ1v) is 10.1. The number of aryl methyl sites for hydroxylation is 2. The monoisotopic (exact) mass is 376 g/mol. The molecule has 0 bridgehead atoms. The van der Waals surface area contributed by atoms with Crippen LogP contribution in [-0.2, 0) is 17.6 Å². The molecule has 0 amide bonds. The van der Waals surface area contributed by atoms with Crippen molar-refractivity contribution in [3.8, 4) is 0 Å². The predicted octanol–water partition coefficient (Wildman–Crippen LogP) is 1.52. The van der Waals surface area contributed by atoms with Gasteiger partial charge in [-0.2, -0.15) is 0 Å². The van der Waals surface area contributed by atoms with Crippen LogP contribution in [0.25, 0.3) is 0 Å². The van der Waals surface area contributed by atoms with Gasteiger partial charge in [-0.1, -0.05) is 6.07 Å². The van der Waals surface area contributed by atoms with Crippen LogP contribution in [0.2, 0.25) is 0 Å². The maximum atomic E-state index is 9.96. The molecule has 1 aromatic carbocycles. The second-order valence-electron chi connectivity index (χ2n) is 7.92. The van der Waals surface area contributed by atoms with Crippen molar-refractivity contribution >= 4 is 12.2 Å². The van der Waals surface area contributed by atoms with Gasteiger partial charge in [-0.15, -0.1) is 0 Å². The lowest BCUT2D eigenvalue weighted by molar-refractivity contribution is -0.122. The molecule has 2 atom stereocenters. The molecule has 0 radical (unpaired) electrons. The SMILES string of the molecule is O=CO.OC[C@@H]1CN(C2CCN(c3ccc4c(c3)CCC4)CC2)CC[C@@H]1O. The summed E-state index contributed by atoms with van der Waals surface area (Å²) in [7, 11) is 0. The van der Waals surface area contributed by atoms with Crippen LogP contribution >= 0.6 is 0 Å². The fraction of sp³-hybridized carbons (Fsp3) is 0.667. The van der Waals surface area contributed by atoms with E-state index in [1.807, 2.05) is 0 Å². The topological polar surface area (TPSA) is 84.2 Å². The molecule has 1 aromatic rings. The van der Waals surface area contributed by atoms with Gasteiger partial charge in [0.15, 0.2) is 0 Å². The van der Waals surface area contributed by atoms with Crippen LogP contribution in [0, 0.1) is 5.92 Å². The summed E-state index contributed by atoms with van der Waals surface area (Å²) in [6.45, 7) is 3.91. The van der Waals surface area contributed by atoms with E-state index in [4.69, 9.17) is 9.90 Å². The van der Waals surface area contributed by atoms with E-state index < -0.39 is 0 Å². The third-order valence-corrected chi connectivity index (χ3v) is 6.39. The van der Waals surface area contributed by atoms with E-state index in [1.54, 1.807) is 11.1 Å². The van der Waals surface area contributed by atoms with Crippen molar-refractivity contribution in [2.45, 2.75) is 50.7 Å². The molecule has 4 rings (SSSR count). The molecule has 0 unspecified atom stereocenters. The molecule has 6 nitrogen and oxygen atoms in total. The van der Waals surface area contributed by atoms with Crippen molar-refractivity contribution in [1.29, 1.82) is 0 Å². The lowest BCUT2D eigenvalue weighted by atomic mass is 9.92. The van der Waals surface area contributed by atoms with Crippen molar-refractivity contribution in [1.82, 2.24) is 4.90 Å². The van der Waals surface area contributed by atoms with Crippen LogP contribution in [0.4, 0.5) is 5.69 Å². The molecule has 150 valence electrons. The van der Waals surface area contributed by atoms with Crippen molar-refractivity contribution < 1.29 is 20.1 Å². The Bertz CT molecular complexity index is 616. The molecular weight excluding hydrogens is 344 g/mol. The highest BCUT2D eigenvalue weighted by Crippen LogP contribution is 2.30. The number of carboxylic acid groups (broad SMARTS) is 1. The third kappa shape index (κ3) is 4.81. The van der Waals surface area contributed by atoms with Crippen LogP contribution in [0.15, 0.2) is 18.2 Å². The highest BCUT2D eigenvalue weighted by molar-refractivity contribution is 5.52. The smallest absolute Gasteiger partial charge is 0.290 e. The van der Waals surface area contributed by atoms with Crippen molar-refractivity contribution in [2.75, 3.05) is 37.7 Å². The van der Waals surface area contributed by atoms with E-state index in [0.717, 1.165) is 32.6 Å². The van der Waals surface area contributed by atoms with E-state index in [0.29, 0.717) is 6.04 Å². The summed E-state index contributed by atoms with van der Waals surface area (Å²) in [4.78, 5) is 13.4. The number of nitrogens with zero attached hydrogens (tertiary/aromatic N) is 2. The van der Waals surface area contributed by atoms with E-state index in [9.17, 15) is 10.2 Å². The van der Waals surface area contributed by atoms with Gasteiger partial charge in [-0.05, 0) is 61.8 Å². The third-order valence-electron chi connectivity index (χ3n) is 6.39. The highest BCUT2D eigenvalue weighted by atomic mass is 16.3. The largest absolute Gasteiger partial charge is 0.483 e. The van der Waals surface area contributed by atoms with Crippen LogP contribution in [0.3, 0.4) is 0 Å². The number of anilines is 1. The van der Waals surface area contributed by atoms with Gasteiger partial charge in [0.2, 0.25) is 0 Å². The van der Waals surface area contributed by atoms with E-state index in [-0.39, 0.29) is 25.1 Å². The summed E-state index contributed by atoms with van der Waals surface area (Å²) in [5.74, 6) is 0.0356. The minimum absolute atomic E-state index is 0.0356. The number of aliphatic hydroxyl groups is 2. The first-order chi connectivity index (χ1) is 13.2. The van der Waals surface area contributed by atoms with Crippen LogP contribution in [0.5, 0.6) is 0 Å². The quantitative estimate of drug-likeness (QED) is 0.694. The maximum Gasteiger partial charge on any atom is 0.290 e. The molecule has 2 aliphatic heterocycles. The molecule has 2 fully saturated rings. The van der Waals surface area contributed by atoms with Crippen molar-refractivity contribution in [3.63, 3.8) is 0 Å². The van der Waals surface area contributed by atoms with Crippen LogP contribution in [-0.4, -0.2) is 71.6 Å². The zero-order valence-corrected chi connectivity index (χ0v) is 16.0. The molecule has 3 N–H and O–H groups in total. The van der Waals surface area contributed by atoms with Crippen molar-refractivity contribution in [2.24, 2.45) is 5.92 Å². The second-order valence-corrected chi connectivity index (χ2v) is 7.92. The van der Waals surface area contributed by atoms with E-state index in [1.165, 1.54) is 37.8 Å². The standard InChI is InChI=1S/C20H30N2O2.CH2O2/c23-14-17-13-22(11-8-20(17)24)18-6-9-21(10-7-18)19-5-4-15-2-1-3-16(15)12-19;2-1-3/h4-5,12,17-18,20,23-24H,1-3,6-11,13-14H2;1H,(H,2,3)/t17-,20-;/m0./s1. The second kappa shape index (κ2) is 9.53. The summed E-state index contributed by atoms with van der Waals surface area (Å²) in [5, 5.41) is 26.3. The average Bonchev–Trinajstić information content (AvgIpc) is 3.17. The molecule has 0 aromatic heterocycles. The Balaban J connectivity index is 0.000000659. The average molecular weight is 376 g/mol. The number of hydrogen-bond donors (Lipinski definition) is 3. The number of aliphatic hydroxyl groups excluding tert-OH is 2. The first-order valence-electron chi connectivity index (χ1n) is 10.1. The van der Waals surface area contributed by atoms with Gasteiger partial charge >= 0.3 is 0 Å². The Labute approximate surface area is 161 Å². The minimum atomic E-state index is -0.322. The number of likely N-dealkylation sites (tertiary alicyclic amines) is 1. The Kier molecular flexibility index (Phi) is 7.10. The molecule has 2 saturated heterocycles. The van der Waals surface area contributed by atoms with Crippen molar-refractivity contribution in [3.05, 3.63) is 29.3 Å². The lowest BCUT2D eigenvalue weighted by Crippen LogP contribution is -2.52. The number of hydrogen-bond acceptors (Lipinski definition) is 5. The van der Waals surface area contributed by atoms with Gasteiger partial charge in [0.25, 0.3) is 6.47 Å². The molecule has 6 heteroatoms.